The highest BCUT2D eigenvalue weighted by molar-refractivity contribution is 5.78. The van der Waals surface area contributed by atoms with Crippen molar-refractivity contribution in [3.63, 3.8) is 0 Å². The van der Waals surface area contributed by atoms with E-state index >= 15 is 0 Å². The van der Waals surface area contributed by atoms with Crippen LogP contribution >= 0.6 is 0 Å². The highest BCUT2D eigenvalue weighted by Gasteiger charge is 2.16. The Kier molecular flexibility index (Phi) is 5.23. The van der Waals surface area contributed by atoms with Gasteiger partial charge in [0.05, 0.1) is 12.5 Å². The first kappa shape index (κ1) is 16.6. The Hall–Kier alpha value is -2.24. The first-order chi connectivity index (χ1) is 11.6. The lowest BCUT2D eigenvalue weighted by molar-refractivity contribution is -0.124. The minimum atomic E-state index is -0.115. The maximum absolute atomic E-state index is 12.2. The molecule has 0 radical (unpaired) electrons. The first-order valence-electron chi connectivity index (χ1n) is 8.74. The molecule has 2 aromatic rings. The fourth-order valence-electron chi connectivity index (χ4n) is 3.20. The molecule has 3 rings (SSSR count). The van der Waals surface area contributed by atoms with Gasteiger partial charge in [-0.3, -0.25) is 9.48 Å². The van der Waals surface area contributed by atoms with E-state index in [-0.39, 0.29) is 11.8 Å². The van der Waals surface area contributed by atoms with Gasteiger partial charge < -0.3 is 5.32 Å². The van der Waals surface area contributed by atoms with E-state index < -0.39 is 0 Å². The van der Waals surface area contributed by atoms with E-state index in [0.717, 1.165) is 24.4 Å². The maximum atomic E-state index is 12.2. The molecule has 1 amide bonds. The van der Waals surface area contributed by atoms with Gasteiger partial charge in [0.1, 0.15) is 5.82 Å². The van der Waals surface area contributed by atoms with Crippen molar-refractivity contribution in [3.05, 3.63) is 41.2 Å². The highest BCUT2D eigenvalue weighted by atomic mass is 16.1. The third-order valence-corrected chi connectivity index (χ3v) is 4.55. The molecule has 1 N–H and O–H groups in total. The third kappa shape index (κ3) is 3.99. The fraction of sp³-hybridized carbons (Fsp3) is 0.556. The molecular weight excluding hydrogens is 302 g/mol. The van der Waals surface area contributed by atoms with E-state index in [4.69, 9.17) is 4.98 Å². The highest BCUT2D eigenvalue weighted by Crippen LogP contribution is 2.21. The van der Waals surface area contributed by atoms with Gasteiger partial charge in [0, 0.05) is 36.7 Å². The number of nitrogens with zero attached hydrogens (tertiary/aromatic N) is 4. The molecule has 0 saturated carbocycles. The molecule has 0 bridgehead atoms. The lowest BCUT2D eigenvalue weighted by atomic mass is 9.95. The Labute approximate surface area is 142 Å². The van der Waals surface area contributed by atoms with Gasteiger partial charge in [0.25, 0.3) is 0 Å². The van der Waals surface area contributed by atoms with Crippen molar-refractivity contribution in [2.24, 2.45) is 5.92 Å². The number of fused-ring (bicyclic) bond motifs is 1. The minimum Gasteiger partial charge on any atom is -0.355 e. The van der Waals surface area contributed by atoms with Crippen LogP contribution < -0.4 is 5.32 Å². The summed E-state index contributed by atoms with van der Waals surface area (Å²) < 4.78 is 1.78. The van der Waals surface area contributed by atoms with Crippen LogP contribution in [0.5, 0.6) is 0 Å². The predicted molar refractivity (Wildman–Crippen MR) is 91.5 cm³/mol. The molecule has 128 valence electrons. The fourth-order valence-corrected chi connectivity index (χ4v) is 3.20. The van der Waals surface area contributed by atoms with Gasteiger partial charge in [-0.1, -0.05) is 6.92 Å². The molecule has 0 fully saturated rings. The Morgan fingerprint density at radius 2 is 2.17 bits per heavy atom. The molecule has 1 atom stereocenters. The maximum Gasteiger partial charge on any atom is 0.224 e. The average molecular weight is 327 g/mol. The number of hydrogen-bond acceptors (Lipinski definition) is 4. The lowest BCUT2D eigenvalue weighted by Gasteiger charge is -2.17. The third-order valence-electron chi connectivity index (χ3n) is 4.55. The van der Waals surface area contributed by atoms with Crippen LogP contribution in [-0.2, 0) is 30.6 Å². The summed E-state index contributed by atoms with van der Waals surface area (Å²) in [7, 11) is 0. The van der Waals surface area contributed by atoms with Crippen LogP contribution in [0.4, 0.5) is 0 Å². The van der Waals surface area contributed by atoms with E-state index in [2.05, 4.69) is 22.3 Å². The van der Waals surface area contributed by atoms with Crippen LogP contribution in [-0.4, -0.2) is 32.2 Å². The standard InChI is InChI=1S/C18H25N5O/c1-13(12-23-11-5-9-20-23)18(24)19-10-8-17-21-14(2)15-6-3-4-7-16(15)22-17/h5,9,11,13H,3-4,6-8,10,12H2,1-2H3,(H,19,24)/t13-/m1/s1. The van der Waals surface area contributed by atoms with Gasteiger partial charge in [-0.2, -0.15) is 5.10 Å². The molecule has 0 aromatic carbocycles. The second-order valence-electron chi connectivity index (χ2n) is 6.53. The van der Waals surface area contributed by atoms with Crippen molar-refractivity contribution in [1.29, 1.82) is 0 Å². The van der Waals surface area contributed by atoms with Gasteiger partial charge in [0.15, 0.2) is 0 Å². The van der Waals surface area contributed by atoms with Crippen LogP contribution in [0.25, 0.3) is 0 Å². The van der Waals surface area contributed by atoms with Gasteiger partial charge in [-0.25, -0.2) is 9.97 Å². The number of rotatable bonds is 6. The SMILES string of the molecule is Cc1nc(CCNC(=O)[C@H](C)Cn2cccn2)nc2c1CCCC2. The summed E-state index contributed by atoms with van der Waals surface area (Å²) in [5, 5.41) is 7.12. The summed E-state index contributed by atoms with van der Waals surface area (Å²) in [5.41, 5.74) is 3.65. The lowest BCUT2D eigenvalue weighted by Crippen LogP contribution is -2.33. The average Bonchev–Trinajstić information content (AvgIpc) is 3.08. The predicted octanol–water partition coefficient (Wildman–Crippen LogP) is 1.86. The van der Waals surface area contributed by atoms with Crippen molar-refractivity contribution in [3.8, 4) is 0 Å². The molecular formula is C18H25N5O. The number of nitrogens with one attached hydrogen (secondary N) is 1. The number of amides is 1. The van der Waals surface area contributed by atoms with E-state index in [9.17, 15) is 4.79 Å². The van der Waals surface area contributed by atoms with Crippen molar-refractivity contribution < 1.29 is 4.79 Å². The van der Waals surface area contributed by atoms with E-state index in [1.807, 2.05) is 19.2 Å². The second-order valence-corrected chi connectivity index (χ2v) is 6.53. The summed E-state index contributed by atoms with van der Waals surface area (Å²) in [6, 6.07) is 1.86. The molecule has 2 heterocycles. The van der Waals surface area contributed by atoms with Crippen LogP contribution in [0.2, 0.25) is 0 Å². The number of carbonyl (C=O) groups is 1. The Bertz CT molecular complexity index is 696. The van der Waals surface area contributed by atoms with Crippen molar-refractivity contribution in [1.82, 2.24) is 25.1 Å². The van der Waals surface area contributed by atoms with Crippen LogP contribution in [0.3, 0.4) is 0 Å². The van der Waals surface area contributed by atoms with E-state index in [1.54, 1.807) is 10.9 Å². The van der Waals surface area contributed by atoms with Crippen LogP contribution in [0.15, 0.2) is 18.5 Å². The number of aromatic nitrogens is 4. The molecule has 1 aliphatic rings. The zero-order valence-electron chi connectivity index (χ0n) is 14.5. The summed E-state index contributed by atoms with van der Waals surface area (Å²) in [4.78, 5) is 21.5. The summed E-state index contributed by atoms with van der Waals surface area (Å²) in [5.74, 6) is 0.768. The zero-order chi connectivity index (χ0) is 16.9. The molecule has 0 saturated heterocycles. The zero-order valence-corrected chi connectivity index (χ0v) is 14.5. The van der Waals surface area contributed by atoms with Crippen molar-refractivity contribution in [2.45, 2.75) is 52.5 Å². The number of carbonyl (C=O) groups excluding carboxylic acids is 1. The Morgan fingerprint density at radius 3 is 2.96 bits per heavy atom. The van der Waals surface area contributed by atoms with Crippen LogP contribution in [0.1, 0.15) is 42.5 Å². The smallest absolute Gasteiger partial charge is 0.224 e. The Balaban J connectivity index is 1.51. The summed E-state index contributed by atoms with van der Waals surface area (Å²) in [6.07, 6.45) is 8.87. The molecule has 0 spiro atoms. The molecule has 0 aliphatic heterocycles. The van der Waals surface area contributed by atoms with Gasteiger partial charge >= 0.3 is 0 Å². The first-order valence-corrected chi connectivity index (χ1v) is 8.74. The van der Waals surface area contributed by atoms with E-state index in [1.165, 1.54) is 24.1 Å². The number of aryl methyl sites for hydroxylation is 2. The molecule has 6 nitrogen and oxygen atoms in total. The number of hydrogen-bond donors (Lipinski definition) is 1. The Morgan fingerprint density at radius 1 is 1.33 bits per heavy atom. The largest absolute Gasteiger partial charge is 0.355 e. The van der Waals surface area contributed by atoms with Gasteiger partial charge in [-0.05, 0) is 44.2 Å². The van der Waals surface area contributed by atoms with Crippen LogP contribution in [0, 0.1) is 12.8 Å². The van der Waals surface area contributed by atoms with Gasteiger partial charge in [0.2, 0.25) is 5.91 Å². The topological polar surface area (TPSA) is 72.7 Å². The monoisotopic (exact) mass is 327 g/mol. The minimum absolute atomic E-state index is 0.0418. The second kappa shape index (κ2) is 7.55. The van der Waals surface area contributed by atoms with Gasteiger partial charge in [-0.15, -0.1) is 0 Å². The normalized spacial score (nSPS) is 14.9. The molecule has 2 aromatic heterocycles. The summed E-state index contributed by atoms with van der Waals surface area (Å²) >= 11 is 0. The van der Waals surface area contributed by atoms with Crippen molar-refractivity contribution >= 4 is 5.91 Å². The van der Waals surface area contributed by atoms with Crippen molar-refractivity contribution in [2.75, 3.05) is 6.54 Å². The molecule has 0 unspecified atom stereocenters. The summed E-state index contributed by atoms with van der Waals surface area (Å²) in [6.45, 7) is 5.14. The van der Waals surface area contributed by atoms with E-state index in [0.29, 0.717) is 19.5 Å². The molecule has 1 aliphatic carbocycles. The quantitative estimate of drug-likeness (QED) is 0.879. The molecule has 6 heteroatoms. The molecule has 24 heavy (non-hydrogen) atoms.